The average Bonchev–Trinajstić information content (AvgIpc) is 2.71. The molecule has 1 aromatic heterocycles. The zero-order valence-corrected chi connectivity index (χ0v) is 10.7. The molecule has 0 amide bonds. The van der Waals surface area contributed by atoms with Crippen LogP contribution >= 0.6 is 11.6 Å². The van der Waals surface area contributed by atoms with E-state index < -0.39 is 5.97 Å². The fraction of sp³-hybridized carbons (Fsp3) is 0.167. The molecule has 0 aliphatic carbocycles. The van der Waals surface area contributed by atoms with Crippen LogP contribution in [-0.2, 0) is 0 Å². The molecule has 2 aromatic rings. The highest BCUT2D eigenvalue weighted by Crippen LogP contribution is 2.23. The highest BCUT2D eigenvalue weighted by molar-refractivity contribution is 6.32. The third-order valence-electron chi connectivity index (χ3n) is 2.52. The van der Waals surface area contributed by atoms with Gasteiger partial charge in [0, 0.05) is 25.3 Å². The van der Waals surface area contributed by atoms with Gasteiger partial charge < -0.3 is 15.0 Å². The molecule has 0 fully saturated rings. The van der Waals surface area contributed by atoms with Crippen molar-refractivity contribution in [3.63, 3.8) is 0 Å². The predicted octanol–water partition coefficient (Wildman–Crippen LogP) is 2.49. The molecule has 1 heterocycles. The molecule has 0 saturated heterocycles. The number of aromatic carboxylic acids is 1. The van der Waals surface area contributed by atoms with E-state index in [1.807, 2.05) is 43.3 Å². The molecule has 0 spiro atoms. The van der Waals surface area contributed by atoms with Gasteiger partial charge in [-0.05, 0) is 24.3 Å². The first kappa shape index (κ1) is 12.4. The molecule has 6 heteroatoms. The second-order valence-electron chi connectivity index (χ2n) is 3.99. The van der Waals surface area contributed by atoms with Gasteiger partial charge in [-0.3, -0.25) is 0 Å². The lowest BCUT2D eigenvalue weighted by atomic mass is 10.2. The number of carboxylic acids is 1. The first-order valence-corrected chi connectivity index (χ1v) is 5.63. The van der Waals surface area contributed by atoms with Gasteiger partial charge in [0.2, 0.25) is 0 Å². The number of H-pyrrole nitrogens is 1. The summed E-state index contributed by atoms with van der Waals surface area (Å²) < 4.78 is 0. The number of nitrogens with zero attached hydrogens (tertiary/aromatic N) is 2. The van der Waals surface area contributed by atoms with Crippen molar-refractivity contribution in [2.24, 2.45) is 0 Å². The Kier molecular flexibility index (Phi) is 3.25. The molecule has 0 unspecified atom stereocenters. The van der Waals surface area contributed by atoms with E-state index in [2.05, 4.69) is 9.97 Å². The van der Waals surface area contributed by atoms with Crippen LogP contribution in [0.25, 0.3) is 11.4 Å². The fourth-order valence-electron chi connectivity index (χ4n) is 1.55. The Bertz CT molecular complexity index is 576. The first-order chi connectivity index (χ1) is 8.49. The Hall–Kier alpha value is -2.01. The maximum absolute atomic E-state index is 10.8. The second kappa shape index (κ2) is 4.70. The van der Waals surface area contributed by atoms with Crippen molar-refractivity contribution in [3.8, 4) is 11.4 Å². The van der Waals surface area contributed by atoms with Crippen LogP contribution < -0.4 is 4.90 Å². The van der Waals surface area contributed by atoms with Gasteiger partial charge in [-0.25, -0.2) is 9.78 Å². The van der Waals surface area contributed by atoms with Gasteiger partial charge in [-0.2, -0.15) is 0 Å². The molecule has 0 aliphatic heterocycles. The summed E-state index contributed by atoms with van der Waals surface area (Å²) in [5, 5.41) is 8.91. The van der Waals surface area contributed by atoms with Crippen LogP contribution in [0.1, 0.15) is 10.5 Å². The Morgan fingerprint density at radius 1 is 1.33 bits per heavy atom. The second-order valence-corrected chi connectivity index (χ2v) is 4.37. The molecule has 94 valence electrons. The Morgan fingerprint density at radius 3 is 2.39 bits per heavy atom. The van der Waals surface area contributed by atoms with E-state index in [9.17, 15) is 4.79 Å². The zero-order chi connectivity index (χ0) is 13.3. The molecule has 0 atom stereocenters. The van der Waals surface area contributed by atoms with Gasteiger partial charge in [-0.15, -0.1) is 0 Å². The van der Waals surface area contributed by atoms with Crippen molar-refractivity contribution in [1.82, 2.24) is 9.97 Å². The first-order valence-electron chi connectivity index (χ1n) is 5.25. The maximum Gasteiger partial charge on any atom is 0.357 e. The summed E-state index contributed by atoms with van der Waals surface area (Å²) in [4.78, 5) is 19.5. The number of imidazole rings is 1. The van der Waals surface area contributed by atoms with Gasteiger partial charge in [0.15, 0.2) is 5.69 Å². The SMILES string of the molecule is CN(C)c1ccc(-c2nc(C(=O)O)c(Cl)[nH]2)cc1. The molecule has 1 aromatic carbocycles. The summed E-state index contributed by atoms with van der Waals surface area (Å²) >= 11 is 5.76. The van der Waals surface area contributed by atoms with Crippen LogP contribution in [-0.4, -0.2) is 35.1 Å². The predicted molar refractivity (Wildman–Crippen MR) is 70.3 cm³/mol. The van der Waals surface area contributed by atoms with Crippen molar-refractivity contribution in [2.45, 2.75) is 0 Å². The van der Waals surface area contributed by atoms with Crippen LogP contribution in [0.4, 0.5) is 5.69 Å². The summed E-state index contributed by atoms with van der Waals surface area (Å²) in [6.07, 6.45) is 0. The van der Waals surface area contributed by atoms with Crippen molar-refractivity contribution >= 4 is 23.3 Å². The molecule has 2 rings (SSSR count). The number of carbonyl (C=O) groups is 1. The third-order valence-corrected chi connectivity index (χ3v) is 2.79. The van der Waals surface area contributed by atoms with Crippen LogP contribution in [0.2, 0.25) is 5.15 Å². The molecular formula is C12H12ClN3O2. The fourth-order valence-corrected chi connectivity index (χ4v) is 1.76. The third kappa shape index (κ3) is 2.31. The van der Waals surface area contributed by atoms with E-state index in [0.717, 1.165) is 11.3 Å². The smallest absolute Gasteiger partial charge is 0.357 e. The molecule has 0 aliphatic rings. The van der Waals surface area contributed by atoms with Crippen LogP contribution in [0.5, 0.6) is 0 Å². The Morgan fingerprint density at radius 2 is 1.94 bits per heavy atom. The summed E-state index contributed by atoms with van der Waals surface area (Å²) in [7, 11) is 3.89. The molecule has 0 radical (unpaired) electrons. The van der Waals surface area contributed by atoms with E-state index in [4.69, 9.17) is 16.7 Å². The number of rotatable bonds is 3. The van der Waals surface area contributed by atoms with E-state index in [1.165, 1.54) is 0 Å². The summed E-state index contributed by atoms with van der Waals surface area (Å²) in [5.41, 5.74) is 1.67. The summed E-state index contributed by atoms with van der Waals surface area (Å²) in [6.45, 7) is 0. The lowest BCUT2D eigenvalue weighted by molar-refractivity contribution is 0.0691. The van der Waals surface area contributed by atoms with Crippen molar-refractivity contribution in [3.05, 3.63) is 35.1 Å². The van der Waals surface area contributed by atoms with E-state index in [0.29, 0.717) is 5.82 Å². The van der Waals surface area contributed by atoms with Gasteiger partial charge in [-0.1, -0.05) is 11.6 Å². The van der Waals surface area contributed by atoms with E-state index in [1.54, 1.807) is 0 Å². The highest BCUT2D eigenvalue weighted by Gasteiger charge is 2.15. The molecule has 2 N–H and O–H groups in total. The van der Waals surface area contributed by atoms with Crippen molar-refractivity contribution in [2.75, 3.05) is 19.0 Å². The quantitative estimate of drug-likeness (QED) is 0.895. The number of aromatic amines is 1. The Balaban J connectivity index is 2.37. The van der Waals surface area contributed by atoms with E-state index >= 15 is 0 Å². The molecule has 0 saturated carbocycles. The number of anilines is 1. The topological polar surface area (TPSA) is 69.2 Å². The van der Waals surface area contributed by atoms with Gasteiger partial charge in [0.1, 0.15) is 11.0 Å². The minimum absolute atomic E-state index is 0.0363. The van der Waals surface area contributed by atoms with Gasteiger partial charge in [0.25, 0.3) is 0 Å². The maximum atomic E-state index is 10.8. The summed E-state index contributed by atoms with van der Waals surface area (Å²) in [5.74, 6) is -0.699. The monoisotopic (exact) mass is 265 g/mol. The van der Waals surface area contributed by atoms with Crippen LogP contribution in [0.15, 0.2) is 24.3 Å². The molecule has 18 heavy (non-hydrogen) atoms. The van der Waals surface area contributed by atoms with Crippen molar-refractivity contribution < 1.29 is 9.90 Å². The number of aromatic nitrogens is 2. The minimum Gasteiger partial charge on any atom is -0.476 e. The summed E-state index contributed by atoms with van der Waals surface area (Å²) in [6, 6.07) is 7.56. The number of nitrogens with one attached hydrogen (secondary N) is 1. The lowest BCUT2D eigenvalue weighted by Crippen LogP contribution is -2.07. The zero-order valence-electron chi connectivity index (χ0n) is 9.94. The standard InChI is InChI=1S/C12H12ClN3O2/c1-16(2)8-5-3-7(4-6-8)11-14-9(12(17)18)10(13)15-11/h3-6H,1-2H3,(H,14,15)(H,17,18). The average molecular weight is 266 g/mol. The molecule has 5 nitrogen and oxygen atoms in total. The molecular weight excluding hydrogens is 254 g/mol. The van der Waals surface area contributed by atoms with Crippen LogP contribution in [0.3, 0.4) is 0 Å². The number of halogens is 1. The van der Waals surface area contributed by atoms with Crippen molar-refractivity contribution in [1.29, 1.82) is 0 Å². The van der Waals surface area contributed by atoms with Gasteiger partial charge in [0.05, 0.1) is 0 Å². The number of benzene rings is 1. The number of carboxylic acid groups (broad SMARTS) is 1. The Labute approximate surface area is 109 Å². The minimum atomic E-state index is -1.15. The van der Waals surface area contributed by atoms with E-state index in [-0.39, 0.29) is 10.8 Å². The number of hydrogen-bond acceptors (Lipinski definition) is 3. The largest absolute Gasteiger partial charge is 0.476 e. The van der Waals surface area contributed by atoms with Crippen LogP contribution in [0, 0.1) is 0 Å². The van der Waals surface area contributed by atoms with Gasteiger partial charge >= 0.3 is 5.97 Å². The number of hydrogen-bond donors (Lipinski definition) is 2. The highest BCUT2D eigenvalue weighted by atomic mass is 35.5. The lowest BCUT2D eigenvalue weighted by Gasteiger charge is -2.11. The normalized spacial score (nSPS) is 10.4. The molecule has 0 bridgehead atoms.